The summed E-state index contributed by atoms with van der Waals surface area (Å²) in [5.74, 6) is -1.10. The number of carbonyl (C=O) groups excluding carboxylic acids is 2. The van der Waals surface area contributed by atoms with Crippen molar-refractivity contribution in [2.45, 2.75) is 6.92 Å². The Labute approximate surface area is 122 Å². The standard InChI is InChI=1S/C15H15N3O3/c1-2-21-15(20)14(19)18-12-8-9-13(16-10-12)17-11-6-4-3-5-7-11/h3-10H,2H2,1H3,(H,16,17)(H,18,19). The Bertz CT molecular complexity index is 612. The minimum Gasteiger partial charge on any atom is -0.459 e. The highest BCUT2D eigenvalue weighted by Crippen LogP contribution is 2.15. The van der Waals surface area contributed by atoms with E-state index < -0.39 is 11.9 Å². The van der Waals surface area contributed by atoms with Gasteiger partial charge in [0.2, 0.25) is 0 Å². The average Bonchev–Trinajstić information content (AvgIpc) is 2.50. The second-order valence-corrected chi connectivity index (χ2v) is 4.10. The first-order valence-corrected chi connectivity index (χ1v) is 6.45. The van der Waals surface area contributed by atoms with Gasteiger partial charge in [-0.05, 0) is 31.2 Å². The third kappa shape index (κ3) is 4.31. The number of esters is 1. The number of nitrogens with zero attached hydrogens (tertiary/aromatic N) is 1. The summed E-state index contributed by atoms with van der Waals surface area (Å²) in [5.41, 5.74) is 1.33. The Balaban J connectivity index is 1.96. The second kappa shape index (κ2) is 7.04. The van der Waals surface area contributed by atoms with Gasteiger partial charge < -0.3 is 15.4 Å². The Morgan fingerprint density at radius 3 is 2.48 bits per heavy atom. The number of amides is 1. The van der Waals surface area contributed by atoms with Crippen molar-refractivity contribution in [2.24, 2.45) is 0 Å². The first kappa shape index (κ1) is 14.5. The first-order chi connectivity index (χ1) is 10.2. The Kier molecular flexibility index (Phi) is 4.87. The zero-order valence-corrected chi connectivity index (χ0v) is 11.5. The number of hydrogen-bond acceptors (Lipinski definition) is 5. The summed E-state index contributed by atoms with van der Waals surface area (Å²) < 4.78 is 4.59. The Morgan fingerprint density at radius 1 is 1.10 bits per heavy atom. The molecule has 1 amide bonds. The number of ether oxygens (including phenoxy) is 1. The summed E-state index contributed by atoms with van der Waals surface area (Å²) in [6.45, 7) is 1.79. The van der Waals surface area contributed by atoms with Crippen LogP contribution < -0.4 is 10.6 Å². The molecule has 0 saturated heterocycles. The van der Waals surface area contributed by atoms with Gasteiger partial charge in [-0.1, -0.05) is 18.2 Å². The largest absolute Gasteiger partial charge is 0.459 e. The molecular weight excluding hydrogens is 270 g/mol. The highest BCUT2D eigenvalue weighted by molar-refractivity contribution is 6.37. The van der Waals surface area contributed by atoms with E-state index in [1.54, 1.807) is 19.1 Å². The summed E-state index contributed by atoms with van der Waals surface area (Å²) in [7, 11) is 0. The molecule has 1 aromatic carbocycles. The molecule has 0 radical (unpaired) electrons. The highest BCUT2D eigenvalue weighted by atomic mass is 16.5. The topological polar surface area (TPSA) is 80.3 Å². The summed E-state index contributed by atoms with van der Waals surface area (Å²) in [6.07, 6.45) is 1.46. The van der Waals surface area contributed by atoms with E-state index in [1.165, 1.54) is 6.20 Å². The van der Waals surface area contributed by atoms with E-state index in [9.17, 15) is 9.59 Å². The summed E-state index contributed by atoms with van der Waals surface area (Å²) in [5, 5.41) is 5.53. The minimum absolute atomic E-state index is 0.157. The van der Waals surface area contributed by atoms with Crippen LogP contribution in [0, 0.1) is 0 Å². The molecule has 1 aromatic heterocycles. The zero-order chi connectivity index (χ0) is 15.1. The van der Waals surface area contributed by atoms with E-state index in [2.05, 4.69) is 20.4 Å². The van der Waals surface area contributed by atoms with Crippen molar-refractivity contribution in [2.75, 3.05) is 17.2 Å². The number of rotatable bonds is 4. The van der Waals surface area contributed by atoms with Gasteiger partial charge >= 0.3 is 11.9 Å². The number of aromatic nitrogens is 1. The zero-order valence-electron chi connectivity index (χ0n) is 11.5. The molecular formula is C15H15N3O3. The molecule has 0 aliphatic rings. The molecule has 108 valence electrons. The van der Waals surface area contributed by atoms with Crippen molar-refractivity contribution in [3.8, 4) is 0 Å². The van der Waals surface area contributed by atoms with Gasteiger partial charge in [-0.2, -0.15) is 0 Å². The predicted molar refractivity (Wildman–Crippen MR) is 79.2 cm³/mol. The third-order valence-corrected chi connectivity index (χ3v) is 2.53. The quantitative estimate of drug-likeness (QED) is 0.665. The molecule has 6 heteroatoms. The van der Waals surface area contributed by atoms with Crippen molar-refractivity contribution in [1.82, 2.24) is 4.98 Å². The number of benzene rings is 1. The molecule has 0 saturated carbocycles. The molecule has 2 rings (SSSR count). The lowest BCUT2D eigenvalue weighted by atomic mass is 10.3. The van der Waals surface area contributed by atoms with Gasteiger partial charge in [0.1, 0.15) is 5.82 Å². The number of nitrogens with one attached hydrogen (secondary N) is 2. The maximum atomic E-state index is 11.4. The Hall–Kier alpha value is -2.89. The molecule has 0 bridgehead atoms. The Morgan fingerprint density at radius 2 is 1.86 bits per heavy atom. The SMILES string of the molecule is CCOC(=O)C(=O)Nc1ccc(Nc2ccccc2)nc1. The van der Waals surface area contributed by atoms with Crippen LogP contribution >= 0.6 is 0 Å². The molecule has 0 aliphatic heterocycles. The number of pyridine rings is 1. The van der Waals surface area contributed by atoms with E-state index in [0.29, 0.717) is 11.5 Å². The molecule has 2 N–H and O–H groups in total. The normalized spacial score (nSPS) is 9.76. The van der Waals surface area contributed by atoms with Crippen LogP contribution in [0.25, 0.3) is 0 Å². The smallest absolute Gasteiger partial charge is 0.397 e. The highest BCUT2D eigenvalue weighted by Gasteiger charge is 2.14. The van der Waals surface area contributed by atoms with Crippen LogP contribution in [-0.2, 0) is 14.3 Å². The summed E-state index contributed by atoms with van der Waals surface area (Å²) in [6, 6.07) is 12.9. The molecule has 0 spiro atoms. The number of anilines is 3. The molecule has 0 fully saturated rings. The maximum absolute atomic E-state index is 11.4. The van der Waals surface area contributed by atoms with E-state index >= 15 is 0 Å². The lowest BCUT2D eigenvalue weighted by Gasteiger charge is -2.07. The van der Waals surface area contributed by atoms with E-state index in [4.69, 9.17) is 0 Å². The van der Waals surface area contributed by atoms with Gasteiger partial charge in [0.15, 0.2) is 0 Å². The van der Waals surface area contributed by atoms with Crippen molar-refractivity contribution < 1.29 is 14.3 Å². The summed E-state index contributed by atoms with van der Waals surface area (Å²) >= 11 is 0. The molecule has 2 aromatic rings. The lowest BCUT2D eigenvalue weighted by molar-refractivity contribution is -0.152. The van der Waals surface area contributed by atoms with Crippen LogP contribution in [0.1, 0.15) is 6.92 Å². The molecule has 1 heterocycles. The van der Waals surface area contributed by atoms with E-state index in [0.717, 1.165) is 5.69 Å². The average molecular weight is 285 g/mol. The van der Waals surface area contributed by atoms with Gasteiger partial charge in [0.25, 0.3) is 0 Å². The second-order valence-electron chi connectivity index (χ2n) is 4.10. The molecule has 0 atom stereocenters. The minimum atomic E-state index is -0.913. The van der Waals surface area contributed by atoms with E-state index in [-0.39, 0.29) is 6.61 Å². The molecule has 6 nitrogen and oxygen atoms in total. The fourth-order valence-electron chi connectivity index (χ4n) is 1.59. The van der Waals surface area contributed by atoms with Crippen molar-refractivity contribution in [1.29, 1.82) is 0 Å². The van der Waals surface area contributed by atoms with Gasteiger partial charge in [0, 0.05) is 5.69 Å². The number of hydrogen-bond donors (Lipinski definition) is 2. The maximum Gasteiger partial charge on any atom is 0.397 e. The molecule has 0 aliphatic carbocycles. The lowest BCUT2D eigenvalue weighted by Crippen LogP contribution is -2.25. The number of para-hydroxylation sites is 1. The van der Waals surface area contributed by atoms with Crippen molar-refractivity contribution >= 4 is 29.1 Å². The molecule has 0 unspecified atom stereocenters. The van der Waals surface area contributed by atoms with E-state index in [1.807, 2.05) is 30.3 Å². The van der Waals surface area contributed by atoms with Gasteiger partial charge in [-0.15, -0.1) is 0 Å². The third-order valence-electron chi connectivity index (χ3n) is 2.53. The van der Waals surface area contributed by atoms with Crippen molar-refractivity contribution in [3.05, 3.63) is 48.7 Å². The van der Waals surface area contributed by atoms with Crippen LogP contribution in [0.3, 0.4) is 0 Å². The first-order valence-electron chi connectivity index (χ1n) is 6.45. The van der Waals surface area contributed by atoms with Crippen LogP contribution in [0.5, 0.6) is 0 Å². The van der Waals surface area contributed by atoms with Gasteiger partial charge in [-0.25, -0.2) is 9.78 Å². The number of carbonyl (C=O) groups is 2. The van der Waals surface area contributed by atoms with Crippen molar-refractivity contribution in [3.63, 3.8) is 0 Å². The van der Waals surface area contributed by atoms with Crippen LogP contribution in [0.4, 0.5) is 17.2 Å². The fourth-order valence-corrected chi connectivity index (χ4v) is 1.59. The summed E-state index contributed by atoms with van der Waals surface area (Å²) in [4.78, 5) is 26.8. The molecule has 21 heavy (non-hydrogen) atoms. The van der Waals surface area contributed by atoms with Crippen LogP contribution in [-0.4, -0.2) is 23.5 Å². The van der Waals surface area contributed by atoms with Gasteiger partial charge in [-0.3, -0.25) is 4.79 Å². The monoisotopic (exact) mass is 285 g/mol. The van der Waals surface area contributed by atoms with Gasteiger partial charge in [0.05, 0.1) is 18.5 Å². The van der Waals surface area contributed by atoms with Crippen LogP contribution in [0.2, 0.25) is 0 Å². The predicted octanol–water partition coefficient (Wildman–Crippen LogP) is 2.33. The fraction of sp³-hybridized carbons (Fsp3) is 0.133. The van der Waals surface area contributed by atoms with Crippen LogP contribution in [0.15, 0.2) is 48.7 Å².